The Labute approximate surface area is 93.4 Å². The normalized spacial score (nSPS) is 12.1. The topological polar surface area (TPSA) is 79.5 Å². The average Bonchev–Trinajstić information content (AvgIpc) is 2.58. The maximum absolute atomic E-state index is 11.0. The van der Waals surface area contributed by atoms with Gasteiger partial charge >= 0.3 is 5.97 Å². The van der Waals surface area contributed by atoms with Crippen LogP contribution < -0.4 is 5.32 Å². The number of carboxylic acid groups (broad SMARTS) is 1. The molecule has 1 rings (SSSR count). The molecule has 88 valence electrons. The van der Waals surface area contributed by atoms with Crippen molar-refractivity contribution in [2.24, 2.45) is 0 Å². The third kappa shape index (κ3) is 3.76. The molecular formula is C11H15NO4. The molecule has 5 heteroatoms. The minimum absolute atomic E-state index is 0.00923. The van der Waals surface area contributed by atoms with Crippen LogP contribution in [0.25, 0.3) is 0 Å². The summed E-state index contributed by atoms with van der Waals surface area (Å²) in [4.78, 5) is 21.5. The van der Waals surface area contributed by atoms with Crippen molar-refractivity contribution in [3.63, 3.8) is 0 Å². The Kier molecular flexibility index (Phi) is 4.10. The van der Waals surface area contributed by atoms with Gasteiger partial charge in [0, 0.05) is 13.3 Å². The molecule has 0 saturated carbocycles. The van der Waals surface area contributed by atoms with Crippen LogP contribution in [0.5, 0.6) is 0 Å². The number of furan rings is 1. The van der Waals surface area contributed by atoms with E-state index >= 15 is 0 Å². The summed E-state index contributed by atoms with van der Waals surface area (Å²) in [6, 6.07) is 3.16. The maximum Gasteiger partial charge on any atom is 0.303 e. The Bertz CT molecular complexity index is 383. The molecule has 0 aliphatic rings. The Morgan fingerprint density at radius 2 is 2.19 bits per heavy atom. The molecule has 0 fully saturated rings. The predicted octanol–water partition coefficient (Wildman–Crippen LogP) is 1.63. The number of carbonyl (C=O) groups is 2. The number of aliphatic carboxylic acids is 1. The van der Waals surface area contributed by atoms with Gasteiger partial charge in [-0.2, -0.15) is 0 Å². The second-order valence-electron chi connectivity index (χ2n) is 3.63. The van der Waals surface area contributed by atoms with Crippen molar-refractivity contribution in [1.82, 2.24) is 5.32 Å². The number of rotatable bonds is 5. The van der Waals surface area contributed by atoms with Crippen molar-refractivity contribution < 1.29 is 19.1 Å². The molecular weight excluding hydrogens is 210 g/mol. The number of amides is 1. The molecule has 0 aromatic carbocycles. The first kappa shape index (κ1) is 12.3. The molecule has 1 amide bonds. The smallest absolute Gasteiger partial charge is 0.303 e. The van der Waals surface area contributed by atoms with E-state index in [-0.39, 0.29) is 18.4 Å². The molecule has 0 spiro atoms. The van der Waals surface area contributed by atoms with Crippen LogP contribution in [0.2, 0.25) is 0 Å². The number of carbonyl (C=O) groups excluding carboxylic acids is 1. The average molecular weight is 225 g/mol. The minimum Gasteiger partial charge on any atom is -0.481 e. The summed E-state index contributed by atoms with van der Waals surface area (Å²) in [6.45, 7) is 3.19. The van der Waals surface area contributed by atoms with E-state index in [4.69, 9.17) is 9.52 Å². The number of aryl methyl sites for hydroxylation is 1. The first-order valence-electron chi connectivity index (χ1n) is 5.04. The predicted molar refractivity (Wildman–Crippen MR) is 56.9 cm³/mol. The van der Waals surface area contributed by atoms with Gasteiger partial charge in [-0.25, -0.2) is 0 Å². The maximum atomic E-state index is 11.0. The Morgan fingerprint density at radius 3 is 2.62 bits per heavy atom. The zero-order chi connectivity index (χ0) is 12.1. The van der Waals surface area contributed by atoms with Crippen molar-refractivity contribution in [2.45, 2.75) is 32.7 Å². The molecule has 2 N–H and O–H groups in total. The molecule has 5 nitrogen and oxygen atoms in total. The monoisotopic (exact) mass is 225 g/mol. The van der Waals surface area contributed by atoms with Crippen molar-refractivity contribution >= 4 is 11.9 Å². The summed E-state index contributed by atoms with van der Waals surface area (Å²) in [5.41, 5.74) is 0. The fourth-order valence-electron chi connectivity index (χ4n) is 1.44. The number of hydrogen-bond acceptors (Lipinski definition) is 3. The standard InChI is InChI=1S/C11H15NO4/c1-7-3-5-10(16-7)9(12-8(2)13)4-6-11(14)15/h3,5,9H,4,6H2,1-2H3,(H,12,13)(H,14,15). The van der Waals surface area contributed by atoms with Gasteiger partial charge in [0.25, 0.3) is 0 Å². The minimum atomic E-state index is -0.890. The quantitative estimate of drug-likeness (QED) is 0.798. The second kappa shape index (κ2) is 5.34. The molecule has 0 aliphatic heterocycles. The van der Waals surface area contributed by atoms with Crippen LogP contribution in [0.3, 0.4) is 0 Å². The highest BCUT2D eigenvalue weighted by molar-refractivity contribution is 5.73. The lowest BCUT2D eigenvalue weighted by atomic mass is 10.1. The van der Waals surface area contributed by atoms with E-state index in [1.165, 1.54) is 6.92 Å². The van der Waals surface area contributed by atoms with Crippen molar-refractivity contribution in [3.8, 4) is 0 Å². The summed E-state index contributed by atoms with van der Waals surface area (Å²) in [5, 5.41) is 11.3. The van der Waals surface area contributed by atoms with Crippen LogP contribution >= 0.6 is 0 Å². The highest BCUT2D eigenvalue weighted by atomic mass is 16.4. The molecule has 0 saturated heterocycles. The van der Waals surface area contributed by atoms with Crippen LogP contribution in [0, 0.1) is 6.92 Å². The molecule has 1 atom stereocenters. The van der Waals surface area contributed by atoms with Gasteiger partial charge in [0.2, 0.25) is 5.91 Å². The molecule has 0 aliphatic carbocycles. The summed E-state index contributed by atoms with van der Waals surface area (Å²) < 4.78 is 5.37. The summed E-state index contributed by atoms with van der Waals surface area (Å²) in [7, 11) is 0. The van der Waals surface area contributed by atoms with Gasteiger partial charge in [0.15, 0.2) is 0 Å². The van der Waals surface area contributed by atoms with Gasteiger partial charge in [-0.1, -0.05) is 0 Å². The molecule has 0 bridgehead atoms. The molecule has 1 unspecified atom stereocenters. The summed E-state index contributed by atoms with van der Waals surface area (Å²) in [5.74, 6) is 0.234. The zero-order valence-corrected chi connectivity index (χ0v) is 9.32. The van der Waals surface area contributed by atoms with Gasteiger partial charge in [-0.3, -0.25) is 9.59 Å². The van der Waals surface area contributed by atoms with Gasteiger partial charge in [0.05, 0.1) is 6.04 Å². The van der Waals surface area contributed by atoms with Crippen LogP contribution in [-0.2, 0) is 9.59 Å². The van der Waals surface area contributed by atoms with Crippen LogP contribution in [0.15, 0.2) is 16.5 Å². The summed E-state index contributed by atoms with van der Waals surface area (Å²) in [6.07, 6.45) is 0.312. The van der Waals surface area contributed by atoms with Crippen LogP contribution in [-0.4, -0.2) is 17.0 Å². The number of nitrogens with one attached hydrogen (secondary N) is 1. The highest BCUT2D eigenvalue weighted by Crippen LogP contribution is 2.20. The Hall–Kier alpha value is -1.78. The van der Waals surface area contributed by atoms with Crippen molar-refractivity contribution in [2.75, 3.05) is 0 Å². The second-order valence-corrected chi connectivity index (χ2v) is 3.63. The van der Waals surface area contributed by atoms with Crippen molar-refractivity contribution in [3.05, 3.63) is 23.7 Å². The van der Waals surface area contributed by atoms with E-state index < -0.39 is 5.97 Å². The largest absolute Gasteiger partial charge is 0.481 e. The molecule has 1 aromatic heterocycles. The SMILES string of the molecule is CC(=O)NC(CCC(=O)O)c1ccc(C)o1. The third-order valence-electron chi connectivity index (χ3n) is 2.13. The first-order valence-corrected chi connectivity index (χ1v) is 5.04. The zero-order valence-electron chi connectivity index (χ0n) is 9.32. The van der Waals surface area contributed by atoms with Crippen LogP contribution in [0.1, 0.15) is 37.3 Å². The van der Waals surface area contributed by atoms with E-state index in [1.807, 2.05) is 0 Å². The van der Waals surface area contributed by atoms with Gasteiger partial charge in [-0.05, 0) is 25.5 Å². The van der Waals surface area contributed by atoms with E-state index in [0.29, 0.717) is 12.2 Å². The molecule has 0 radical (unpaired) electrons. The summed E-state index contributed by atoms with van der Waals surface area (Å²) >= 11 is 0. The van der Waals surface area contributed by atoms with Crippen LogP contribution in [0.4, 0.5) is 0 Å². The Morgan fingerprint density at radius 1 is 1.50 bits per heavy atom. The van der Waals surface area contributed by atoms with Gasteiger partial charge in [-0.15, -0.1) is 0 Å². The number of carboxylic acids is 1. The van der Waals surface area contributed by atoms with E-state index in [9.17, 15) is 9.59 Å². The molecule has 16 heavy (non-hydrogen) atoms. The molecule has 1 heterocycles. The lowest BCUT2D eigenvalue weighted by Crippen LogP contribution is -2.26. The van der Waals surface area contributed by atoms with Gasteiger partial charge < -0.3 is 14.8 Å². The Balaban J connectivity index is 2.70. The molecule has 1 aromatic rings. The fraction of sp³-hybridized carbons (Fsp3) is 0.455. The first-order chi connectivity index (χ1) is 7.49. The highest BCUT2D eigenvalue weighted by Gasteiger charge is 2.17. The van der Waals surface area contributed by atoms with E-state index in [1.54, 1.807) is 19.1 Å². The third-order valence-corrected chi connectivity index (χ3v) is 2.13. The lowest BCUT2D eigenvalue weighted by Gasteiger charge is -2.14. The van der Waals surface area contributed by atoms with Crippen molar-refractivity contribution in [1.29, 1.82) is 0 Å². The number of hydrogen-bond donors (Lipinski definition) is 2. The van der Waals surface area contributed by atoms with E-state index in [2.05, 4.69) is 5.32 Å². The van der Waals surface area contributed by atoms with E-state index in [0.717, 1.165) is 5.76 Å². The fourth-order valence-corrected chi connectivity index (χ4v) is 1.44. The van der Waals surface area contributed by atoms with Gasteiger partial charge in [0.1, 0.15) is 11.5 Å². The lowest BCUT2D eigenvalue weighted by molar-refractivity contribution is -0.137.